The Morgan fingerprint density at radius 3 is 2.21 bits per heavy atom. The summed E-state index contributed by atoms with van der Waals surface area (Å²) in [6.45, 7) is 6.17. The molecular formula is C22H23N3OS2. The number of nitrogens with zero attached hydrogens (tertiary/aromatic N) is 3. The maximum absolute atomic E-state index is 13.3. The van der Waals surface area contributed by atoms with Gasteiger partial charge in [0.2, 0.25) is 5.13 Å². The molecule has 1 aliphatic rings. The fourth-order valence-corrected chi connectivity index (χ4v) is 5.43. The summed E-state index contributed by atoms with van der Waals surface area (Å²) < 4.78 is 0.841. The average molecular weight is 410 g/mol. The van der Waals surface area contributed by atoms with Crippen LogP contribution in [0.15, 0.2) is 52.9 Å². The quantitative estimate of drug-likeness (QED) is 0.399. The third-order valence-electron chi connectivity index (χ3n) is 4.95. The van der Waals surface area contributed by atoms with Crippen LogP contribution in [0.5, 0.6) is 0 Å². The summed E-state index contributed by atoms with van der Waals surface area (Å²) in [5.41, 5.74) is 4.06. The number of benzene rings is 2. The van der Waals surface area contributed by atoms with Crippen LogP contribution in [0.25, 0.3) is 0 Å². The van der Waals surface area contributed by atoms with Gasteiger partial charge in [-0.25, -0.2) is 0 Å². The van der Waals surface area contributed by atoms with Gasteiger partial charge in [0.1, 0.15) is 0 Å². The molecule has 4 nitrogen and oxygen atoms in total. The molecule has 1 aliphatic heterocycles. The molecule has 2 aromatic carbocycles. The van der Waals surface area contributed by atoms with Crippen LogP contribution in [0, 0.1) is 13.8 Å². The lowest BCUT2D eigenvalue weighted by Gasteiger charge is -2.15. The van der Waals surface area contributed by atoms with E-state index in [1.54, 1.807) is 11.3 Å². The molecule has 0 N–H and O–H groups in total. The summed E-state index contributed by atoms with van der Waals surface area (Å²) in [4.78, 5) is 15.6. The summed E-state index contributed by atoms with van der Waals surface area (Å²) in [7, 11) is 0. The van der Waals surface area contributed by atoms with E-state index in [0.717, 1.165) is 39.3 Å². The molecule has 0 aliphatic carbocycles. The van der Waals surface area contributed by atoms with Gasteiger partial charge in [0.05, 0.1) is 5.25 Å². The van der Waals surface area contributed by atoms with Crippen molar-refractivity contribution < 1.29 is 4.79 Å². The Morgan fingerprint density at radius 1 is 0.964 bits per heavy atom. The monoisotopic (exact) mass is 409 g/mol. The molecule has 0 bridgehead atoms. The van der Waals surface area contributed by atoms with Crippen molar-refractivity contribution in [2.45, 2.75) is 36.3 Å². The van der Waals surface area contributed by atoms with Crippen molar-refractivity contribution in [2.75, 3.05) is 18.0 Å². The highest BCUT2D eigenvalue weighted by molar-refractivity contribution is 8.02. The number of hydrogen-bond donors (Lipinski definition) is 0. The number of aryl methyl sites for hydroxylation is 2. The van der Waals surface area contributed by atoms with Gasteiger partial charge >= 0.3 is 0 Å². The number of rotatable bonds is 6. The number of anilines is 1. The fraction of sp³-hybridized carbons (Fsp3) is 0.318. The predicted molar refractivity (Wildman–Crippen MR) is 117 cm³/mol. The van der Waals surface area contributed by atoms with Crippen LogP contribution < -0.4 is 4.90 Å². The van der Waals surface area contributed by atoms with Crippen LogP contribution >= 0.6 is 23.1 Å². The van der Waals surface area contributed by atoms with Crippen LogP contribution in [0.1, 0.15) is 45.1 Å². The maximum Gasteiger partial charge on any atom is 0.209 e. The highest BCUT2D eigenvalue weighted by atomic mass is 32.2. The van der Waals surface area contributed by atoms with Crippen LogP contribution in [0.2, 0.25) is 0 Å². The summed E-state index contributed by atoms with van der Waals surface area (Å²) in [5, 5.41) is 9.37. The molecule has 1 unspecified atom stereocenters. The first-order valence-corrected chi connectivity index (χ1v) is 11.2. The third kappa shape index (κ3) is 4.28. The van der Waals surface area contributed by atoms with E-state index in [0.29, 0.717) is 0 Å². The lowest BCUT2D eigenvalue weighted by Crippen LogP contribution is -2.17. The summed E-state index contributed by atoms with van der Waals surface area (Å²) >= 11 is 3.09. The van der Waals surface area contributed by atoms with Crippen molar-refractivity contribution in [3.8, 4) is 0 Å². The molecule has 0 saturated carbocycles. The number of carbonyl (C=O) groups is 1. The Labute approximate surface area is 174 Å². The second kappa shape index (κ2) is 8.45. The lowest BCUT2D eigenvalue weighted by molar-refractivity contribution is 0.0989. The van der Waals surface area contributed by atoms with Crippen molar-refractivity contribution in [3.63, 3.8) is 0 Å². The molecule has 144 valence electrons. The van der Waals surface area contributed by atoms with Gasteiger partial charge in [0, 0.05) is 18.7 Å². The molecule has 28 heavy (non-hydrogen) atoms. The Balaban J connectivity index is 1.62. The second-order valence-corrected chi connectivity index (χ2v) is 9.49. The minimum absolute atomic E-state index is 0.103. The first-order chi connectivity index (χ1) is 13.6. The van der Waals surface area contributed by atoms with E-state index in [-0.39, 0.29) is 11.0 Å². The van der Waals surface area contributed by atoms with E-state index >= 15 is 0 Å². The van der Waals surface area contributed by atoms with Gasteiger partial charge < -0.3 is 4.90 Å². The van der Waals surface area contributed by atoms with Crippen molar-refractivity contribution >= 4 is 34.0 Å². The van der Waals surface area contributed by atoms with E-state index in [4.69, 9.17) is 0 Å². The van der Waals surface area contributed by atoms with Crippen molar-refractivity contribution in [3.05, 3.63) is 70.8 Å². The fourth-order valence-electron chi connectivity index (χ4n) is 3.27. The van der Waals surface area contributed by atoms with Crippen LogP contribution in [-0.4, -0.2) is 29.1 Å². The number of ketones is 1. The van der Waals surface area contributed by atoms with Gasteiger partial charge in [-0.05, 0) is 32.3 Å². The number of aromatic nitrogens is 2. The summed E-state index contributed by atoms with van der Waals surface area (Å²) in [5.74, 6) is 0.103. The van der Waals surface area contributed by atoms with Crippen LogP contribution in [0.3, 0.4) is 0 Å². The normalized spacial score (nSPS) is 15.0. The van der Waals surface area contributed by atoms with Crippen molar-refractivity contribution in [2.24, 2.45) is 0 Å². The molecule has 6 heteroatoms. The van der Waals surface area contributed by atoms with E-state index < -0.39 is 0 Å². The van der Waals surface area contributed by atoms with E-state index in [1.165, 1.54) is 30.2 Å². The summed E-state index contributed by atoms with van der Waals surface area (Å²) in [6.07, 6.45) is 2.42. The van der Waals surface area contributed by atoms with Gasteiger partial charge in [0.25, 0.3) is 0 Å². The molecule has 1 atom stereocenters. The minimum Gasteiger partial charge on any atom is -0.347 e. The predicted octanol–water partition coefficient (Wildman–Crippen LogP) is 5.47. The smallest absolute Gasteiger partial charge is 0.209 e. The van der Waals surface area contributed by atoms with Crippen LogP contribution in [0.4, 0.5) is 5.13 Å². The van der Waals surface area contributed by atoms with Gasteiger partial charge in [-0.1, -0.05) is 82.8 Å². The van der Waals surface area contributed by atoms with Gasteiger partial charge in [-0.15, -0.1) is 10.2 Å². The van der Waals surface area contributed by atoms with Gasteiger partial charge in [-0.2, -0.15) is 0 Å². The molecule has 1 aromatic heterocycles. The summed E-state index contributed by atoms with van der Waals surface area (Å²) in [6, 6.07) is 16.0. The van der Waals surface area contributed by atoms with Gasteiger partial charge in [-0.3, -0.25) is 4.79 Å². The molecule has 0 amide bonds. The van der Waals surface area contributed by atoms with Crippen LogP contribution in [-0.2, 0) is 0 Å². The lowest BCUT2D eigenvalue weighted by atomic mass is 10.0. The zero-order chi connectivity index (χ0) is 19.5. The first-order valence-electron chi connectivity index (χ1n) is 9.53. The molecule has 2 heterocycles. The Kier molecular flexibility index (Phi) is 5.78. The second-order valence-electron chi connectivity index (χ2n) is 7.18. The SMILES string of the molecule is Cc1ccc(C(=O)C(Sc2nnc(N3CCCC3)s2)c2ccc(C)cc2)cc1. The highest BCUT2D eigenvalue weighted by Crippen LogP contribution is 2.41. The first kappa shape index (κ1) is 19.2. The molecule has 4 rings (SSSR count). The molecule has 0 spiro atoms. The van der Waals surface area contributed by atoms with E-state index in [9.17, 15) is 4.79 Å². The highest BCUT2D eigenvalue weighted by Gasteiger charge is 2.26. The third-order valence-corrected chi connectivity index (χ3v) is 7.27. The average Bonchev–Trinajstić information content (AvgIpc) is 3.39. The molecule has 3 aromatic rings. The standard InChI is InChI=1S/C22H23N3OS2/c1-15-5-9-17(10-6-15)19(26)20(18-11-7-16(2)8-12-18)27-22-24-23-21(28-22)25-13-3-4-14-25/h5-12,20H,3-4,13-14H2,1-2H3. The van der Waals surface area contributed by atoms with E-state index in [1.807, 2.05) is 43.3 Å². The minimum atomic E-state index is -0.331. The van der Waals surface area contributed by atoms with E-state index in [2.05, 4.69) is 34.2 Å². The number of hydrogen-bond acceptors (Lipinski definition) is 6. The number of Topliss-reactive ketones (excluding diaryl/α,β-unsaturated/α-hetero) is 1. The van der Waals surface area contributed by atoms with Crippen molar-refractivity contribution in [1.82, 2.24) is 10.2 Å². The maximum atomic E-state index is 13.3. The Morgan fingerprint density at radius 2 is 1.57 bits per heavy atom. The van der Waals surface area contributed by atoms with Crippen molar-refractivity contribution in [1.29, 1.82) is 0 Å². The zero-order valence-electron chi connectivity index (χ0n) is 16.1. The molecular weight excluding hydrogens is 386 g/mol. The molecule has 1 saturated heterocycles. The Bertz CT molecular complexity index is 945. The zero-order valence-corrected chi connectivity index (χ0v) is 17.7. The number of thioether (sulfide) groups is 1. The topological polar surface area (TPSA) is 46.1 Å². The molecule has 1 fully saturated rings. The number of carbonyl (C=O) groups excluding carboxylic acids is 1. The molecule has 0 radical (unpaired) electrons. The largest absolute Gasteiger partial charge is 0.347 e. The van der Waals surface area contributed by atoms with Gasteiger partial charge in [0.15, 0.2) is 10.1 Å². The Hall–Kier alpha value is -2.18.